The van der Waals surface area contributed by atoms with E-state index in [0.717, 1.165) is 0 Å². The lowest BCUT2D eigenvalue weighted by Gasteiger charge is -2.50. The number of ether oxygens (including phenoxy) is 1. The van der Waals surface area contributed by atoms with Gasteiger partial charge in [0.25, 0.3) is 0 Å². The van der Waals surface area contributed by atoms with Crippen LogP contribution in [0.5, 0.6) is 5.75 Å². The molecule has 2 atom stereocenters. The van der Waals surface area contributed by atoms with E-state index in [0.29, 0.717) is 30.8 Å². The van der Waals surface area contributed by atoms with E-state index in [4.69, 9.17) is 4.74 Å². The van der Waals surface area contributed by atoms with Crippen molar-refractivity contribution in [3.05, 3.63) is 11.9 Å². The second-order valence-corrected chi connectivity index (χ2v) is 8.61. The number of Topliss-reactive ketones (excluding diaryl/α,β-unsaturated/α-hetero) is 1. The second kappa shape index (κ2) is 5.75. The minimum atomic E-state index is -0.912. The maximum absolute atomic E-state index is 12.7. The van der Waals surface area contributed by atoms with E-state index < -0.39 is 11.7 Å². The molecule has 0 aliphatic carbocycles. The topological polar surface area (TPSA) is 84.7 Å². The van der Waals surface area contributed by atoms with Gasteiger partial charge in [0.15, 0.2) is 17.2 Å². The number of amides is 1. The van der Waals surface area contributed by atoms with E-state index in [1.807, 2.05) is 34.6 Å². The van der Waals surface area contributed by atoms with Gasteiger partial charge in [-0.15, -0.1) is 0 Å². The van der Waals surface area contributed by atoms with Crippen LogP contribution < -0.4 is 4.74 Å². The molecular weight excluding hydrogens is 322 g/mol. The fraction of sp³-hybridized carbons (Fsp3) is 0.722. The van der Waals surface area contributed by atoms with Crippen molar-refractivity contribution in [3.8, 4) is 5.75 Å². The SMILES string of the molecule is CC(C)n1cc2c(n1)C(=O)CC1(CCN(C(=O)O)C(C(C)(C)C)C1)O2. The van der Waals surface area contributed by atoms with Gasteiger partial charge in [0.1, 0.15) is 5.60 Å². The summed E-state index contributed by atoms with van der Waals surface area (Å²) in [4.78, 5) is 25.8. The summed E-state index contributed by atoms with van der Waals surface area (Å²) in [5, 5.41) is 13.9. The first-order valence-corrected chi connectivity index (χ1v) is 8.83. The maximum atomic E-state index is 12.7. The Morgan fingerprint density at radius 3 is 2.68 bits per heavy atom. The van der Waals surface area contributed by atoms with Crippen LogP contribution in [-0.2, 0) is 0 Å². The number of rotatable bonds is 1. The van der Waals surface area contributed by atoms with Crippen LogP contribution >= 0.6 is 0 Å². The van der Waals surface area contributed by atoms with Crippen molar-refractivity contribution >= 4 is 11.9 Å². The molecule has 2 unspecified atom stereocenters. The van der Waals surface area contributed by atoms with Crippen LogP contribution in [0.25, 0.3) is 0 Å². The fourth-order valence-corrected chi connectivity index (χ4v) is 3.85. The van der Waals surface area contributed by atoms with Crippen LogP contribution in [0.4, 0.5) is 4.79 Å². The number of fused-ring (bicyclic) bond motifs is 1. The molecule has 0 saturated carbocycles. The van der Waals surface area contributed by atoms with Crippen molar-refractivity contribution in [1.29, 1.82) is 0 Å². The number of aromatic nitrogens is 2. The first-order chi connectivity index (χ1) is 11.5. The molecule has 7 heteroatoms. The Kier molecular flexibility index (Phi) is 4.08. The molecule has 0 aromatic carbocycles. The molecule has 1 aromatic heterocycles. The lowest BCUT2D eigenvalue weighted by Crippen LogP contribution is -2.59. The highest BCUT2D eigenvalue weighted by Crippen LogP contribution is 2.44. The van der Waals surface area contributed by atoms with Crippen LogP contribution in [0.2, 0.25) is 0 Å². The van der Waals surface area contributed by atoms with E-state index >= 15 is 0 Å². The predicted molar refractivity (Wildman–Crippen MR) is 92.1 cm³/mol. The minimum Gasteiger partial charge on any atom is -0.483 e. The molecule has 2 aliphatic heterocycles. The van der Waals surface area contributed by atoms with Gasteiger partial charge >= 0.3 is 6.09 Å². The van der Waals surface area contributed by atoms with Crippen molar-refractivity contribution < 1.29 is 19.4 Å². The molecule has 138 valence electrons. The number of ketones is 1. The quantitative estimate of drug-likeness (QED) is 0.840. The number of hydrogen-bond acceptors (Lipinski definition) is 4. The van der Waals surface area contributed by atoms with E-state index in [1.54, 1.807) is 10.9 Å². The van der Waals surface area contributed by atoms with Gasteiger partial charge in [0.2, 0.25) is 0 Å². The molecule has 1 fully saturated rings. The fourth-order valence-electron chi connectivity index (χ4n) is 3.85. The van der Waals surface area contributed by atoms with Gasteiger partial charge in [0.05, 0.1) is 12.6 Å². The zero-order valence-electron chi connectivity index (χ0n) is 15.6. The molecule has 0 bridgehead atoms. The minimum absolute atomic E-state index is 0.0166. The highest BCUT2D eigenvalue weighted by molar-refractivity contribution is 5.98. The molecule has 0 radical (unpaired) electrons. The van der Waals surface area contributed by atoms with E-state index in [1.165, 1.54) is 4.90 Å². The van der Waals surface area contributed by atoms with E-state index in [2.05, 4.69) is 5.10 Å². The van der Waals surface area contributed by atoms with Crippen LogP contribution in [-0.4, -0.2) is 49.9 Å². The predicted octanol–water partition coefficient (Wildman–Crippen LogP) is 3.36. The lowest BCUT2D eigenvalue weighted by atomic mass is 9.72. The van der Waals surface area contributed by atoms with Crippen LogP contribution in [0.15, 0.2) is 6.20 Å². The normalized spacial score (nSPS) is 26.7. The summed E-state index contributed by atoms with van der Waals surface area (Å²) in [6.45, 7) is 10.5. The van der Waals surface area contributed by atoms with Crippen LogP contribution in [0, 0.1) is 5.41 Å². The largest absolute Gasteiger partial charge is 0.483 e. The molecule has 7 nitrogen and oxygen atoms in total. The molecule has 1 amide bonds. The molecular formula is C18H27N3O4. The van der Waals surface area contributed by atoms with Gasteiger partial charge in [-0.2, -0.15) is 5.10 Å². The van der Waals surface area contributed by atoms with Crippen molar-refractivity contribution in [2.75, 3.05) is 6.54 Å². The summed E-state index contributed by atoms with van der Waals surface area (Å²) in [6.07, 6.45) is 2.17. The molecule has 1 saturated heterocycles. The Hall–Kier alpha value is -2.05. The molecule has 1 spiro atoms. The summed E-state index contributed by atoms with van der Waals surface area (Å²) in [7, 11) is 0. The summed E-state index contributed by atoms with van der Waals surface area (Å²) in [6, 6.07) is -0.0534. The van der Waals surface area contributed by atoms with Crippen LogP contribution in [0.1, 0.15) is 70.4 Å². The van der Waals surface area contributed by atoms with Gasteiger partial charge in [-0.25, -0.2) is 4.79 Å². The highest BCUT2D eigenvalue weighted by Gasteiger charge is 2.51. The summed E-state index contributed by atoms with van der Waals surface area (Å²) < 4.78 is 8.04. The van der Waals surface area contributed by atoms with Gasteiger partial charge in [-0.05, 0) is 19.3 Å². The number of carbonyl (C=O) groups is 2. The zero-order valence-corrected chi connectivity index (χ0v) is 15.6. The standard InChI is InChI=1S/C18H27N3O4/c1-11(2)21-10-13-15(19-21)12(22)8-18(25-13)6-7-20(16(23)24)14(9-18)17(3,4)5/h10-11,14H,6-9H2,1-5H3,(H,23,24). The summed E-state index contributed by atoms with van der Waals surface area (Å²) in [5.41, 5.74) is -0.480. The number of carboxylic acid groups (broad SMARTS) is 1. The number of piperidine rings is 1. The van der Waals surface area contributed by atoms with Gasteiger partial charge in [-0.1, -0.05) is 20.8 Å². The smallest absolute Gasteiger partial charge is 0.407 e. The average molecular weight is 349 g/mol. The van der Waals surface area contributed by atoms with Gasteiger partial charge in [-0.3, -0.25) is 9.48 Å². The Bertz CT molecular complexity index is 704. The average Bonchev–Trinajstić information content (AvgIpc) is 2.90. The van der Waals surface area contributed by atoms with Crippen LogP contribution in [0.3, 0.4) is 0 Å². The zero-order chi connectivity index (χ0) is 18.6. The number of nitrogens with zero attached hydrogens (tertiary/aromatic N) is 3. The maximum Gasteiger partial charge on any atom is 0.407 e. The Morgan fingerprint density at radius 1 is 1.44 bits per heavy atom. The summed E-state index contributed by atoms with van der Waals surface area (Å²) in [5.74, 6) is 0.512. The molecule has 3 heterocycles. The third-order valence-corrected chi connectivity index (χ3v) is 5.30. The molecule has 25 heavy (non-hydrogen) atoms. The lowest BCUT2D eigenvalue weighted by molar-refractivity contribution is -0.0522. The number of hydrogen-bond donors (Lipinski definition) is 1. The highest BCUT2D eigenvalue weighted by atomic mass is 16.5. The number of likely N-dealkylation sites (tertiary alicyclic amines) is 1. The molecule has 1 N–H and O–H groups in total. The van der Waals surface area contributed by atoms with Gasteiger partial charge in [0, 0.05) is 31.5 Å². The van der Waals surface area contributed by atoms with E-state index in [9.17, 15) is 14.7 Å². The number of carbonyl (C=O) groups excluding carboxylic acids is 1. The first-order valence-electron chi connectivity index (χ1n) is 8.83. The first kappa shape index (κ1) is 17.8. The third kappa shape index (κ3) is 3.12. The Labute approximate surface area is 147 Å². The third-order valence-electron chi connectivity index (χ3n) is 5.30. The van der Waals surface area contributed by atoms with Crippen molar-refractivity contribution in [2.45, 2.75) is 71.6 Å². The molecule has 1 aromatic rings. The van der Waals surface area contributed by atoms with E-state index in [-0.39, 0.29) is 29.7 Å². The van der Waals surface area contributed by atoms with Crippen molar-refractivity contribution in [2.24, 2.45) is 5.41 Å². The monoisotopic (exact) mass is 349 g/mol. The second-order valence-electron chi connectivity index (χ2n) is 8.61. The molecule has 3 rings (SSSR count). The van der Waals surface area contributed by atoms with Crippen molar-refractivity contribution in [1.82, 2.24) is 14.7 Å². The summed E-state index contributed by atoms with van der Waals surface area (Å²) >= 11 is 0. The Morgan fingerprint density at radius 2 is 2.12 bits per heavy atom. The van der Waals surface area contributed by atoms with Crippen molar-refractivity contribution in [3.63, 3.8) is 0 Å². The van der Waals surface area contributed by atoms with Gasteiger partial charge < -0.3 is 14.7 Å². The molecule has 2 aliphatic rings. The Balaban J connectivity index is 1.92.